The molecule has 0 aliphatic heterocycles. The molecule has 0 atom stereocenters. The first-order valence-electron chi connectivity index (χ1n) is 11.6. The first-order chi connectivity index (χ1) is 17.2. The van der Waals surface area contributed by atoms with E-state index in [1.165, 1.54) is 11.8 Å². The van der Waals surface area contributed by atoms with Crippen molar-refractivity contribution in [2.24, 2.45) is 5.10 Å². The summed E-state index contributed by atoms with van der Waals surface area (Å²) >= 11 is 12.4. The topological polar surface area (TPSA) is 69.2 Å². The van der Waals surface area contributed by atoms with Crippen molar-refractivity contribution in [3.05, 3.63) is 87.4 Å². The summed E-state index contributed by atoms with van der Waals surface area (Å²) in [5, 5.41) is 4.84. The van der Waals surface area contributed by atoms with Crippen molar-refractivity contribution in [2.75, 3.05) is 19.8 Å². The Kier molecular flexibility index (Phi) is 9.62. The average molecular weight is 529 g/mol. The van der Waals surface area contributed by atoms with E-state index in [-0.39, 0.29) is 17.9 Å². The molecule has 36 heavy (non-hydrogen) atoms. The van der Waals surface area contributed by atoms with Gasteiger partial charge in [-0.3, -0.25) is 4.79 Å². The fourth-order valence-electron chi connectivity index (χ4n) is 3.28. The quantitative estimate of drug-likeness (QED) is 0.176. The maximum atomic E-state index is 12.2. The van der Waals surface area contributed by atoms with Crippen molar-refractivity contribution >= 4 is 35.3 Å². The van der Waals surface area contributed by atoms with Crippen molar-refractivity contribution in [1.82, 2.24) is 5.43 Å². The van der Waals surface area contributed by atoms with Crippen LogP contribution in [0.2, 0.25) is 10.0 Å². The normalized spacial score (nSPS) is 11.4. The van der Waals surface area contributed by atoms with Crippen LogP contribution in [0.4, 0.5) is 0 Å². The number of nitrogens with zero attached hydrogens (tertiary/aromatic N) is 1. The molecule has 0 fully saturated rings. The molecule has 0 spiro atoms. The number of hydrogen-bond donors (Lipinski definition) is 1. The molecule has 0 radical (unpaired) electrons. The Hall–Kier alpha value is -3.22. The van der Waals surface area contributed by atoms with Crippen molar-refractivity contribution in [3.8, 4) is 17.2 Å². The maximum Gasteiger partial charge on any atom is 0.271 e. The van der Waals surface area contributed by atoms with Gasteiger partial charge in [0.1, 0.15) is 19.0 Å². The van der Waals surface area contributed by atoms with Crippen molar-refractivity contribution in [2.45, 2.75) is 33.1 Å². The fourth-order valence-corrected chi connectivity index (χ4v) is 3.74. The SMILES string of the molecule is CCOc1cc(/C=N\NC(=O)c2cccc(Cl)c2)cc(Cl)c1OCCOc1ccc(C(C)(C)C)cc1. The Bertz CT molecular complexity index is 1210. The lowest BCUT2D eigenvalue weighted by atomic mass is 9.87. The van der Waals surface area contributed by atoms with E-state index in [9.17, 15) is 4.79 Å². The number of amides is 1. The molecule has 0 aliphatic rings. The standard InChI is InChI=1S/C28H30Cl2N2O4/c1-5-34-25-16-19(18-31-32-27(33)20-7-6-8-22(29)17-20)15-24(30)26(25)36-14-13-35-23-11-9-21(10-12-23)28(2,3)4/h6-12,15-18H,5,13-14H2,1-4H3,(H,32,33)/b31-18-. The number of nitrogens with one attached hydrogen (secondary N) is 1. The van der Waals surface area contributed by atoms with Gasteiger partial charge in [-0.05, 0) is 65.9 Å². The molecule has 0 saturated carbocycles. The van der Waals surface area contributed by atoms with Gasteiger partial charge in [0.05, 0.1) is 17.8 Å². The molecule has 3 rings (SSSR count). The van der Waals surface area contributed by atoms with E-state index in [1.54, 1.807) is 36.4 Å². The molecule has 8 heteroatoms. The van der Waals surface area contributed by atoms with Gasteiger partial charge >= 0.3 is 0 Å². The third-order valence-corrected chi connectivity index (χ3v) is 5.63. The van der Waals surface area contributed by atoms with Crippen LogP contribution in [0.25, 0.3) is 0 Å². The van der Waals surface area contributed by atoms with Gasteiger partial charge in [0.2, 0.25) is 0 Å². The summed E-state index contributed by atoms with van der Waals surface area (Å²) in [6.45, 7) is 9.43. The van der Waals surface area contributed by atoms with E-state index < -0.39 is 0 Å². The third kappa shape index (κ3) is 7.90. The van der Waals surface area contributed by atoms with Crippen LogP contribution in [0.5, 0.6) is 17.2 Å². The lowest BCUT2D eigenvalue weighted by molar-refractivity contribution is 0.0955. The molecule has 1 amide bonds. The summed E-state index contributed by atoms with van der Waals surface area (Å²) in [5.41, 5.74) is 4.84. The second kappa shape index (κ2) is 12.7. The minimum Gasteiger partial charge on any atom is -0.490 e. The van der Waals surface area contributed by atoms with Gasteiger partial charge in [-0.2, -0.15) is 5.10 Å². The highest BCUT2D eigenvalue weighted by Crippen LogP contribution is 2.36. The third-order valence-electron chi connectivity index (χ3n) is 5.12. The smallest absolute Gasteiger partial charge is 0.271 e. The minimum atomic E-state index is -0.377. The number of hydrazone groups is 1. The monoisotopic (exact) mass is 528 g/mol. The Balaban J connectivity index is 1.59. The zero-order valence-electron chi connectivity index (χ0n) is 20.8. The Morgan fingerprint density at radius 3 is 2.36 bits per heavy atom. The number of hydrogen-bond acceptors (Lipinski definition) is 5. The predicted octanol–water partition coefficient (Wildman–Crippen LogP) is 6.91. The molecule has 0 saturated heterocycles. The summed E-state index contributed by atoms with van der Waals surface area (Å²) in [6.07, 6.45) is 1.48. The highest BCUT2D eigenvalue weighted by Gasteiger charge is 2.14. The van der Waals surface area contributed by atoms with Gasteiger partial charge in [0, 0.05) is 10.6 Å². The van der Waals surface area contributed by atoms with E-state index in [4.69, 9.17) is 37.4 Å². The minimum absolute atomic E-state index is 0.0900. The van der Waals surface area contributed by atoms with Gasteiger partial charge in [-0.25, -0.2) is 5.43 Å². The molecular formula is C28H30Cl2N2O4. The van der Waals surface area contributed by atoms with Crippen LogP contribution >= 0.6 is 23.2 Å². The van der Waals surface area contributed by atoms with E-state index in [0.29, 0.717) is 45.9 Å². The number of benzene rings is 3. The Morgan fingerprint density at radius 2 is 1.69 bits per heavy atom. The first kappa shape index (κ1) is 27.4. The molecule has 1 N–H and O–H groups in total. The summed E-state index contributed by atoms with van der Waals surface area (Å²) in [6, 6.07) is 18.1. The Morgan fingerprint density at radius 1 is 0.972 bits per heavy atom. The highest BCUT2D eigenvalue weighted by molar-refractivity contribution is 6.32. The number of ether oxygens (including phenoxy) is 3. The number of halogens is 2. The van der Waals surface area contributed by atoms with E-state index in [2.05, 4.69) is 43.4 Å². The van der Waals surface area contributed by atoms with Crippen LogP contribution in [0.15, 0.2) is 65.8 Å². The summed E-state index contributed by atoms with van der Waals surface area (Å²) in [4.78, 5) is 12.2. The van der Waals surface area contributed by atoms with Gasteiger partial charge < -0.3 is 14.2 Å². The Labute approximate surface area is 222 Å². The molecule has 6 nitrogen and oxygen atoms in total. The van der Waals surface area contributed by atoms with Crippen molar-refractivity contribution in [1.29, 1.82) is 0 Å². The number of carbonyl (C=O) groups is 1. The summed E-state index contributed by atoms with van der Waals surface area (Å²) in [5.74, 6) is 1.29. The van der Waals surface area contributed by atoms with Crippen LogP contribution in [-0.4, -0.2) is 31.9 Å². The van der Waals surface area contributed by atoms with Crippen LogP contribution in [0.3, 0.4) is 0 Å². The zero-order valence-corrected chi connectivity index (χ0v) is 22.3. The molecule has 0 aromatic heterocycles. The lowest BCUT2D eigenvalue weighted by Gasteiger charge is -2.19. The zero-order chi connectivity index (χ0) is 26.1. The van der Waals surface area contributed by atoms with Gasteiger partial charge in [-0.15, -0.1) is 0 Å². The molecule has 0 unspecified atom stereocenters. The molecule has 3 aromatic carbocycles. The molecule has 3 aromatic rings. The second-order valence-corrected chi connectivity index (χ2v) is 9.79. The van der Waals surface area contributed by atoms with Crippen molar-refractivity contribution < 1.29 is 19.0 Å². The van der Waals surface area contributed by atoms with Crippen molar-refractivity contribution in [3.63, 3.8) is 0 Å². The van der Waals surface area contributed by atoms with E-state index in [0.717, 1.165) is 5.75 Å². The van der Waals surface area contributed by atoms with Crippen LogP contribution in [-0.2, 0) is 5.41 Å². The van der Waals surface area contributed by atoms with E-state index in [1.807, 2.05) is 19.1 Å². The average Bonchev–Trinajstić information content (AvgIpc) is 2.83. The highest BCUT2D eigenvalue weighted by atomic mass is 35.5. The number of carbonyl (C=O) groups excluding carboxylic acids is 1. The predicted molar refractivity (Wildman–Crippen MR) is 145 cm³/mol. The first-order valence-corrected chi connectivity index (χ1v) is 12.3. The van der Waals surface area contributed by atoms with Crippen LogP contribution < -0.4 is 19.6 Å². The van der Waals surface area contributed by atoms with Gasteiger partial charge in [0.15, 0.2) is 11.5 Å². The lowest BCUT2D eigenvalue weighted by Crippen LogP contribution is -2.17. The van der Waals surface area contributed by atoms with Gasteiger partial charge in [0.25, 0.3) is 5.91 Å². The summed E-state index contributed by atoms with van der Waals surface area (Å²) < 4.78 is 17.4. The van der Waals surface area contributed by atoms with Gasteiger partial charge in [-0.1, -0.05) is 62.2 Å². The maximum absolute atomic E-state index is 12.2. The fraction of sp³-hybridized carbons (Fsp3) is 0.286. The number of rotatable bonds is 10. The molecular weight excluding hydrogens is 499 g/mol. The molecule has 0 aliphatic carbocycles. The van der Waals surface area contributed by atoms with E-state index >= 15 is 0 Å². The second-order valence-electron chi connectivity index (χ2n) is 8.94. The summed E-state index contributed by atoms with van der Waals surface area (Å²) in [7, 11) is 0. The van der Waals surface area contributed by atoms with Crippen LogP contribution in [0.1, 0.15) is 49.2 Å². The molecule has 0 bridgehead atoms. The largest absolute Gasteiger partial charge is 0.490 e. The van der Waals surface area contributed by atoms with Crippen LogP contribution in [0, 0.1) is 0 Å². The molecule has 190 valence electrons. The molecule has 0 heterocycles.